The molecule has 3 aromatic rings. The highest BCUT2D eigenvalue weighted by Crippen LogP contribution is 2.38. The third kappa shape index (κ3) is 1.85. The van der Waals surface area contributed by atoms with Gasteiger partial charge in [0.1, 0.15) is 6.33 Å². The summed E-state index contributed by atoms with van der Waals surface area (Å²) >= 11 is 6.09. The van der Waals surface area contributed by atoms with Gasteiger partial charge in [0.25, 0.3) is 0 Å². The number of carbonyl (C=O) groups is 1. The van der Waals surface area contributed by atoms with Crippen molar-refractivity contribution in [2.75, 3.05) is 0 Å². The third-order valence-corrected chi connectivity index (χ3v) is 4.08. The molecule has 0 fully saturated rings. The highest BCUT2D eigenvalue weighted by atomic mass is 35.5. The Hall–Kier alpha value is -2.27. The Bertz CT molecular complexity index is 887. The first-order valence-corrected chi connectivity index (χ1v) is 6.96. The van der Waals surface area contributed by atoms with Crippen LogP contribution in [0.3, 0.4) is 0 Å². The van der Waals surface area contributed by atoms with Gasteiger partial charge in [-0.3, -0.25) is 9.48 Å². The van der Waals surface area contributed by atoms with Gasteiger partial charge in [-0.1, -0.05) is 17.7 Å². The predicted molar refractivity (Wildman–Crippen MR) is 78.3 cm³/mol. The molecule has 1 aliphatic rings. The van der Waals surface area contributed by atoms with Gasteiger partial charge in [0, 0.05) is 24.7 Å². The van der Waals surface area contributed by atoms with E-state index in [1.54, 1.807) is 4.68 Å². The van der Waals surface area contributed by atoms with Gasteiger partial charge in [-0.15, -0.1) is 0 Å². The molecule has 0 N–H and O–H groups in total. The molecule has 104 valence electrons. The standard InChI is InChI=1S/C15H11ClN4O/c1-20-6-11-14(17-7-18-15(11)19-20)13-10-5-9(16)3-2-8(10)4-12(13)21/h2-3,5-7,13H,4H2,1H3. The summed E-state index contributed by atoms with van der Waals surface area (Å²) in [4.78, 5) is 21.0. The first-order valence-electron chi connectivity index (χ1n) is 6.59. The zero-order chi connectivity index (χ0) is 14.6. The third-order valence-electron chi connectivity index (χ3n) is 3.84. The van der Waals surface area contributed by atoms with Crippen LogP contribution in [0.2, 0.25) is 5.02 Å². The summed E-state index contributed by atoms with van der Waals surface area (Å²) in [5, 5.41) is 5.71. The summed E-state index contributed by atoms with van der Waals surface area (Å²) in [6, 6.07) is 5.59. The lowest BCUT2D eigenvalue weighted by atomic mass is 9.95. The fourth-order valence-electron chi connectivity index (χ4n) is 2.96. The Kier molecular flexibility index (Phi) is 2.59. The molecule has 6 heteroatoms. The molecular weight excluding hydrogens is 288 g/mol. The molecule has 0 spiro atoms. The largest absolute Gasteiger partial charge is 0.298 e. The zero-order valence-electron chi connectivity index (χ0n) is 11.2. The Labute approximate surface area is 125 Å². The number of Topliss-reactive ketones (excluding diaryl/α,β-unsaturated/α-hetero) is 1. The number of carbonyl (C=O) groups excluding carboxylic acids is 1. The lowest BCUT2D eigenvalue weighted by Crippen LogP contribution is -2.10. The second-order valence-corrected chi connectivity index (χ2v) is 5.65. The van der Waals surface area contributed by atoms with Crippen molar-refractivity contribution >= 4 is 28.4 Å². The Morgan fingerprint density at radius 3 is 3.05 bits per heavy atom. The Morgan fingerprint density at radius 1 is 1.33 bits per heavy atom. The molecule has 2 aromatic heterocycles. The van der Waals surface area contributed by atoms with E-state index in [1.807, 2.05) is 31.4 Å². The molecule has 1 unspecified atom stereocenters. The van der Waals surface area contributed by atoms with Crippen LogP contribution in [0.1, 0.15) is 22.7 Å². The van der Waals surface area contributed by atoms with Crippen LogP contribution in [0.25, 0.3) is 11.0 Å². The maximum absolute atomic E-state index is 12.5. The SMILES string of the molecule is Cn1cc2c(C3C(=O)Cc4ccc(Cl)cc43)ncnc2n1. The number of aromatic nitrogens is 4. The maximum atomic E-state index is 12.5. The number of hydrogen-bond donors (Lipinski definition) is 0. The Balaban J connectivity index is 1.97. The minimum absolute atomic E-state index is 0.135. The number of nitrogens with zero attached hydrogens (tertiary/aromatic N) is 4. The molecule has 0 saturated carbocycles. The van der Waals surface area contributed by atoms with E-state index in [9.17, 15) is 4.79 Å². The van der Waals surface area contributed by atoms with E-state index in [0.29, 0.717) is 22.8 Å². The van der Waals surface area contributed by atoms with Gasteiger partial charge >= 0.3 is 0 Å². The highest BCUT2D eigenvalue weighted by molar-refractivity contribution is 6.30. The molecule has 2 heterocycles. The van der Waals surface area contributed by atoms with Crippen LogP contribution in [-0.4, -0.2) is 25.5 Å². The maximum Gasteiger partial charge on any atom is 0.184 e. The summed E-state index contributed by atoms with van der Waals surface area (Å²) in [5.41, 5.74) is 3.27. The van der Waals surface area contributed by atoms with Gasteiger partial charge in [0.2, 0.25) is 0 Å². The first-order chi connectivity index (χ1) is 10.1. The predicted octanol–water partition coefficient (Wildman–Crippen LogP) is 2.27. The van der Waals surface area contributed by atoms with Gasteiger partial charge in [0.05, 0.1) is 17.0 Å². The topological polar surface area (TPSA) is 60.7 Å². The van der Waals surface area contributed by atoms with Gasteiger partial charge in [-0.05, 0) is 23.3 Å². The van der Waals surface area contributed by atoms with Gasteiger partial charge < -0.3 is 0 Å². The number of hydrogen-bond acceptors (Lipinski definition) is 4. The lowest BCUT2D eigenvalue weighted by Gasteiger charge is -2.10. The van der Waals surface area contributed by atoms with Crippen molar-refractivity contribution < 1.29 is 4.79 Å². The smallest absolute Gasteiger partial charge is 0.184 e. The molecule has 0 amide bonds. The fourth-order valence-corrected chi connectivity index (χ4v) is 3.14. The van der Waals surface area contributed by atoms with E-state index in [0.717, 1.165) is 16.5 Å². The minimum Gasteiger partial charge on any atom is -0.298 e. The summed E-state index contributed by atoms with van der Waals surface area (Å²) in [5.74, 6) is -0.246. The van der Waals surface area contributed by atoms with E-state index in [1.165, 1.54) is 6.33 Å². The van der Waals surface area contributed by atoms with Gasteiger partial charge in [0.15, 0.2) is 11.4 Å². The number of halogens is 1. The molecule has 0 bridgehead atoms. The lowest BCUT2D eigenvalue weighted by molar-refractivity contribution is -0.118. The molecule has 0 saturated heterocycles. The Morgan fingerprint density at radius 2 is 2.19 bits per heavy atom. The molecule has 1 atom stereocenters. The van der Waals surface area contributed by atoms with E-state index in [-0.39, 0.29) is 11.7 Å². The quantitative estimate of drug-likeness (QED) is 0.691. The number of aryl methyl sites for hydroxylation is 1. The zero-order valence-corrected chi connectivity index (χ0v) is 12.0. The average molecular weight is 299 g/mol. The molecule has 4 rings (SSSR count). The summed E-state index contributed by atoms with van der Waals surface area (Å²) in [6.07, 6.45) is 3.73. The molecule has 1 aliphatic carbocycles. The van der Waals surface area contributed by atoms with Crippen LogP contribution < -0.4 is 0 Å². The molecule has 0 radical (unpaired) electrons. The highest BCUT2D eigenvalue weighted by Gasteiger charge is 2.34. The van der Waals surface area contributed by atoms with E-state index in [2.05, 4.69) is 15.1 Å². The van der Waals surface area contributed by atoms with Crippen LogP contribution >= 0.6 is 11.6 Å². The van der Waals surface area contributed by atoms with Crippen molar-refractivity contribution in [2.24, 2.45) is 7.05 Å². The molecule has 0 aliphatic heterocycles. The van der Waals surface area contributed by atoms with Crippen LogP contribution in [0.15, 0.2) is 30.7 Å². The summed E-state index contributed by atoms with van der Waals surface area (Å²) < 4.78 is 1.68. The van der Waals surface area contributed by atoms with E-state index in [4.69, 9.17) is 11.6 Å². The van der Waals surface area contributed by atoms with Crippen molar-refractivity contribution in [1.29, 1.82) is 0 Å². The molecule has 21 heavy (non-hydrogen) atoms. The van der Waals surface area contributed by atoms with Crippen molar-refractivity contribution in [1.82, 2.24) is 19.7 Å². The van der Waals surface area contributed by atoms with Crippen molar-refractivity contribution in [3.05, 3.63) is 52.6 Å². The normalized spacial score (nSPS) is 17.4. The van der Waals surface area contributed by atoms with E-state index >= 15 is 0 Å². The van der Waals surface area contributed by atoms with E-state index < -0.39 is 0 Å². The van der Waals surface area contributed by atoms with Gasteiger partial charge in [-0.2, -0.15) is 5.10 Å². The van der Waals surface area contributed by atoms with Crippen molar-refractivity contribution in [2.45, 2.75) is 12.3 Å². The van der Waals surface area contributed by atoms with Crippen molar-refractivity contribution in [3.63, 3.8) is 0 Å². The summed E-state index contributed by atoms with van der Waals surface area (Å²) in [6.45, 7) is 0. The molecular formula is C15H11ClN4O. The minimum atomic E-state index is -0.381. The molecule has 5 nitrogen and oxygen atoms in total. The average Bonchev–Trinajstić information content (AvgIpc) is 2.97. The first kappa shape index (κ1) is 12.5. The second kappa shape index (κ2) is 4.36. The van der Waals surface area contributed by atoms with Crippen LogP contribution in [0, 0.1) is 0 Å². The fraction of sp³-hybridized carbons (Fsp3) is 0.200. The number of ketones is 1. The van der Waals surface area contributed by atoms with Crippen LogP contribution in [-0.2, 0) is 18.3 Å². The number of fused-ring (bicyclic) bond motifs is 2. The second-order valence-electron chi connectivity index (χ2n) is 5.22. The monoisotopic (exact) mass is 298 g/mol. The van der Waals surface area contributed by atoms with Gasteiger partial charge in [-0.25, -0.2) is 9.97 Å². The van der Waals surface area contributed by atoms with Crippen LogP contribution in [0.5, 0.6) is 0 Å². The summed E-state index contributed by atoms with van der Waals surface area (Å²) in [7, 11) is 1.83. The number of benzene rings is 1. The van der Waals surface area contributed by atoms with Crippen LogP contribution in [0.4, 0.5) is 0 Å². The number of rotatable bonds is 1. The van der Waals surface area contributed by atoms with Crippen molar-refractivity contribution in [3.8, 4) is 0 Å². The molecule has 1 aromatic carbocycles.